The van der Waals surface area contributed by atoms with E-state index in [-0.39, 0.29) is 19.2 Å². The number of carbonyl (C=O) groups excluding carboxylic acids is 1. The monoisotopic (exact) mass is 432 g/mol. The molecule has 0 unspecified atom stereocenters. The van der Waals surface area contributed by atoms with E-state index in [0.717, 1.165) is 36.7 Å². The molecule has 1 amide bonds. The lowest BCUT2D eigenvalue weighted by Crippen LogP contribution is -2.60. The van der Waals surface area contributed by atoms with Gasteiger partial charge >= 0.3 is 6.09 Å². The van der Waals surface area contributed by atoms with Crippen LogP contribution in [0.5, 0.6) is 0 Å². The number of piperidine rings is 1. The summed E-state index contributed by atoms with van der Waals surface area (Å²) in [5.41, 5.74) is 2.10. The van der Waals surface area contributed by atoms with Gasteiger partial charge in [0.1, 0.15) is 10.9 Å². The topological polar surface area (TPSA) is 95.6 Å². The first kappa shape index (κ1) is 19.8. The number of rotatable bonds is 5. The summed E-state index contributed by atoms with van der Waals surface area (Å²) in [7, 11) is -3.39. The molecule has 2 aromatic rings. The Hall–Kier alpha value is -2.13. The molecule has 1 aliphatic carbocycles. The van der Waals surface area contributed by atoms with Crippen LogP contribution in [0.2, 0.25) is 0 Å². The number of likely N-dealkylation sites (tertiary alicyclic amines) is 1. The van der Waals surface area contributed by atoms with E-state index in [1.54, 1.807) is 10.5 Å². The van der Waals surface area contributed by atoms with Crippen LogP contribution < -0.4 is 0 Å². The van der Waals surface area contributed by atoms with Crippen LogP contribution in [0.3, 0.4) is 0 Å². The van der Waals surface area contributed by atoms with E-state index in [9.17, 15) is 13.2 Å². The van der Waals surface area contributed by atoms with Crippen molar-refractivity contribution < 1.29 is 17.9 Å². The van der Waals surface area contributed by atoms with Crippen LogP contribution in [-0.2, 0) is 14.8 Å². The molecule has 0 spiro atoms. The first-order chi connectivity index (χ1) is 14.5. The highest BCUT2D eigenvalue weighted by atomic mass is 32.2. The highest BCUT2D eigenvalue weighted by Gasteiger charge is 2.44. The molecule has 5 rings (SSSR count). The van der Waals surface area contributed by atoms with E-state index in [1.165, 1.54) is 16.9 Å². The molecule has 3 fully saturated rings. The number of hydrogen-bond acceptors (Lipinski definition) is 5. The van der Waals surface area contributed by atoms with Crippen LogP contribution in [0, 0.1) is 5.92 Å². The van der Waals surface area contributed by atoms with Gasteiger partial charge in [0.05, 0.1) is 6.61 Å². The normalized spacial score (nSPS) is 22.1. The number of pyridine rings is 1. The van der Waals surface area contributed by atoms with Gasteiger partial charge in [0.25, 0.3) is 0 Å². The van der Waals surface area contributed by atoms with Crippen molar-refractivity contribution in [2.75, 3.05) is 32.8 Å². The van der Waals surface area contributed by atoms with Crippen molar-refractivity contribution in [3.63, 3.8) is 0 Å². The van der Waals surface area contributed by atoms with E-state index in [1.807, 2.05) is 12.3 Å². The number of amides is 1. The summed E-state index contributed by atoms with van der Waals surface area (Å²) in [5.74, 6) is 0.817. The Morgan fingerprint density at radius 2 is 1.97 bits per heavy atom. The molecule has 0 radical (unpaired) electrons. The number of fused-ring (bicyclic) bond motifs is 1. The number of H-pyrrole nitrogens is 1. The van der Waals surface area contributed by atoms with Gasteiger partial charge in [-0.1, -0.05) is 6.42 Å². The van der Waals surface area contributed by atoms with Crippen molar-refractivity contribution in [2.24, 2.45) is 5.92 Å². The molecule has 2 saturated heterocycles. The minimum atomic E-state index is -3.39. The van der Waals surface area contributed by atoms with E-state index in [4.69, 9.17) is 4.74 Å². The maximum absolute atomic E-state index is 13.0. The number of hydrogen-bond donors (Lipinski definition) is 1. The summed E-state index contributed by atoms with van der Waals surface area (Å²) in [6.45, 7) is 1.97. The Labute approximate surface area is 176 Å². The smallest absolute Gasteiger partial charge is 0.409 e. The maximum Gasteiger partial charge on any atom is 0.409 e. The van der Waals surface area contributed by atoms with E-state index in [2.05, 4.69) is 16.0 Å². The van der Waals surface area contributed by atoms with Gasteiger partial charge < -0.3 is 14.6 Å². The molecule has 3 aliphatic rings. The van der Waals surface area contributed by atoms with Crippen molar-refractivity contribution in [1.29, 1.82) is 0 Å². The summed E-state index contributed by atoms with van der Waals surface area (Å²) in [4.78, 5) is 21.1. The number of carbonyl (C=O) groups is 1. The molecular formula is C21H28N4O4S. The van der Waals surface area contributed by atoms with E-state index in [0.29, 0.717) is 31.5 Å². The lowest BCUT2D eigenvalue weighted by atomic mass is 9.86. The number of nitrogens with zero attached hydrogens (tertiary/aromatic N) is 3. The van der Waals surface area contributed by atoms with Crippen LogP contribution in [0.15, 0.2) is 24.5 Å². The van der Waals surface area contributed by atoms with Gasteiger partial charge in [-0.25, -0.2) is 22.5 Å². The molecule has 162 valence electrons. The number of sulfonamides is 1. The van der Waals surface area contributed by atoms with Gasteiger partial charge in [0.2, 0.25) is 10.0 Å². The second-order valence-corrected chi connectivity index (χ2v) is 11.0. The lowest BCUT2D eigenvalue weighted by molar-refractivity contribution is 0.0565. The molecular weight excluding hydrogens is 404 g/mol. The zero-order chi connectivity index (χ0) is 20.7. The van der Waals surface area contributed by atoms with Gasteiger partial charge in [-0.15, -0.1) is 0 Å². The van der Waals surface area contributed by atoms with Gasteiger partial charge in [-0.2, -0.15) is 0 Å². The Kier molecular flexibility index (Phi) is 5.18. The minimum absolute atomic E-state index is 0.236. The molecule has 0 atom stereocenters. The third-order valence-electron chi connectivity index (χ3n) is 6.93. The molecule has 2 aliphatic heterocycles. The molecule has 0 bridgehead atoms. The fourth-order valence-corrected chi connectivity index (χ4v) is 6.54. The molecule has 1 saturated carbocycles. The SMILES string of the molecule is O=C(OCC1CCC1)N1CC(S(=O)(=O)N2CCC(c3c[nH]c4ncccc34)CC2)C1. The van der Waals surface area contributed by atoms with Gasteiger partial charge in [-0.3, -0.25) is 0 Å². The molecule has 2 aromatic heterocycles. The van der Waals surface area contributed by atoms with Gasteiger partial charge in [0.15, 0.2) is 0 Å². The lowest BCUT2D eigenvalue weighted by Gasteiger charge is -2.41. The maximum atomic E-state index is 13.0. The summed E-state index contributed by atoms with van der Waals surface area (Å²) < 4.78 is 32.9. The Morgan fingerprint density at radius 1 is 1.20 bits per heavy atom. The van der Waals surface area contributed by atoms with Crippen LogP contribution in [0.25, 0.3) is 11.0 Å². The minimum Gasteiger partial charge on any atom is -0.449 e. The predicted molar refractivity (Wildman–Crippen MR) is 113 cm³/mol. The van der Waals surface area contributed by atoms with Crippen molar-refractivity contribution in [3.05, 3.63) is 30.1 Å². The van der Waals surface area contributed by atoms with Crippen LogP contribution in [0.4, 0.5) is 4.79 Å². The summed E-state index contributed by atoms with van der Waals surface area (Å²) >= 11 is 0. The largest absolute Gasteiger partial charge is 0.449 e. The first-order valence-electron chi connectivity index (χ1n) is 10.8. The Balaban J connectivity index is 1.14. The van der Waals surface area contributed by atoms with Crippen molar-refractivity contribution >= 4 is 27.1 Å². The summed E-state index contributed by atoms with van der Waals surface area (Å²) in [5, 5.41) is 0.608. The van der Waals surface area contributed by atoms with Gasteiger partial charge in [-0.05, 0) is 55.2 Å². The molecule has 1 N–H and O–H groups in total. The standard InChI is InChI=1S/C21H28N4O4S/c26-21(29-14-15-3-1-4-15)24-12-17(13-24)30(27,28)25-9-6-16(7-10-25)19-11-23-20-18(19)5-2-8-22-20/h2,5,8,11,15-17H,1,3-4,6-7,9-10,12-14H2,(H,22,23). The fourth-order valence-electron chi connectivity index (χ4n) is 4.66. The number of aromatic nitrogens is 2. The van der Waals surface area contributed by atoms with E-state index < -0.39 is 15.3 Å². The van der Waals surface area contributed by atoms with Gasteiger partial charge in [0, 0.05) is 44.0 Å². The molecule has 4 heterocycles. The third-order valence-corrected chi connectivity index (χ3v) is 9.16. The van der Waals surface area contributed by atoms with Crippen LogP contribution >= 0.6 is 0 Å². The van der Waals surface area contributed by atoms with Crippen molar-refractivity contribution in [1.82, 2.24) is 19.2 Å². The second kappa shape index (κ2) is 7.85. The van der Waals surface area contributed by atoms with Crippen LogP contribution in [-0.4, -0.2) is 71.7 Å². The highest BCUT2D eigenvalue weighted by Crippen LogP contribution is 2.34. The Bertz CT molecular complexity index is 1020. The second-order valence-electron chi connectivity index (χ2n) is 8.76. The summed E-state index contributed by atoms with van der Waals surface area (Å²) in [6, 6.07) is 3.99. The highest BCUT2D eigenvalue weighted by molar-refractivity contribution is 7.89. The molecule has 0 aromatic carbocycles. The Morgan fingerprint density at radius 3 is 2.67 bits per heavy atom. The number of aromatic amines is 1. The van der Waals surface area contributed by atoms with E-state index >= 15 is 0 Å². The van der Waals surface area contributed by atoms with Crippen molar-refractivity contribution in [2.45, 2.75) is 43.3 Å². The molecule has 8 nitrogen and oxygen atoms in total. The first-order valence-corrected chi connectivity index (χ1v) is 12.4. The van der Waals surface area contributed by atoms with Crippen molar-refractivity contribution in [3.8, 4) is 0 Å². The molecule has 30 heavy (non-hydrogen) atoms. The number of ether oxygens (including phenoxy) is 1. The fraction of sp³-hybridized carbons (Fsp3) is 0.619. The molecule has 9 heteroatoms. The number of nitrogens with one attached hydrogen (secondary N) is 1. The third kappa shape index (κ3) is 3.58. The zero-order valence-electron chi connectivity index (χ0n) is 17.0. The zero-order valence-corrected chi connectivity index (χ0v) is 17.8. The average molecular weight is 433 g/mol. The summed E-state index contributed by atoms with van der Waals surface area (Å²) in [6.07, 6.45) is 8.43. The van der Waals surface area contributed by atoms with Crippen LogP contribution in [0.1, 0.15) is 43.6 Å². The predicted octanol–water partition coefficient (Wildman–Crippen LogP) is 2.69. The average Bonchev–Trinajstić information content (AvgIpc) is 3.09. The quantitative estimate of drug-likeness (QED) is 0.784.